The van der Waals surface area contributed by atoms with Gasteiger partial charge in [-0.1, -0.05) is 20.8 Å². The van der Waals surface area contributed by atoms with Crippen molar-refractivity contribution in [1.82, 2.24) is 10.2 Å². The van der Waals surface area contributed by atoms with Gasteiger partial charge in [-0.3, -0.25) is 0 Å². The van der Waals surface area contributed by atoms with Gasteiger partial charge in [0.1, 0.15) is 0 Å². The highest BCUT2D eigenvalue weighted by Gasteiger charge is 2.31. The predicted molar refractivity (Wildman–Crippen MR) is 74.2 cm³/mol. The van der Waals surface area contributed by atoms with E-state index in [1.807, 2.05) is 0 Å². The Morgan fingerprint density at radius 2 is 1.76 bits per heavy atom. The Kier molecular flexibility index (Phi) is 4.48. The second-order valence-electron chi connectivity index (χ2n) is 6.92. The first kappa shape index (κ1) is 13.4. The lowest BCUT2D eigenvalue weighted by molar-refractivity contribution is 0.0871. The lowest BCUT2D eigenvalue weighted by Crippen LogP contribution is -2.45. The van der Waals surface area contributed by atoms with Gasteiger partial charge in [-0.15, -0.1) is 0 Å². The molecule has 2 rings (SSSR count). The van der Waals surface area contributed by atoms with E-state index >= 15 is 0 Å². The number of hydrogen-bond donors (Lipinski definition) is 1. The second-order valence-corrected chi connectivity index (χ2v) is 6.92. The van der Waals surface area contributed by atoms with Crippen LogP contribution in [0.15, 0.2) is 0 Å². The molecule has 0 unspecified atom stereocenters. The van der Waals surface area contributed by atoms with Gasteiger partial charge in [-0.25, -0.2) is 0 Å². The summed E-state index contributed by atoms with van der Waals surface area (Å²) in [6.07, 6.45) is 5.56. The number of nitrogens with zero attached hydrogens (tertiary/aromatic N) is 1. The van der Waals surface area contributed by atoms with Crippen molar-refractivity contribution < 1.29 is 0 Å². The number of piperidine rings is 2. The zero-order valence-electron chi connectivity index (χ0n) is 12.0. The summed E-state index contributed by atoms with van der Waals surface area (Å²) in [5.41, 5.74) is 0.579. The average molecular weight is 238 g/mol. The highest BCUT2D eigenvalue weighted by molar-refractivity contribution is 4.85. The predicted octanol–water partition coefficient (Wildman–Crippen LogP) is 2.74. The molecule has 0 aliphatic carbocycles. The molecule has 0 aromatic carbocycles. The Hall–Kier alpha value is -0.0800. The number of likely N-dealkylation sites (tertiary alicyclic amines) is 1. The van der Waals surface area contributed by atoms with E-state index in [-0.39, 0.29) is 0 Å². The minimum absolute atomic E-state index is 0.579. The molecule has 2 fully saturated rings. The van der Waals surface area contributed by atoms with E-state index in [2.05, 4.69) is 31.0 Å². The molecule has 2 saturated heterocycles. The Morgan fingerprint density at radius 1 is 1.18 bits per heavy atom. The lowest BCUT2D eigenvalue weighted by Gasteiger charge is -2.41. The van der Waals surface area contributed by atoms with Crippen LogP contribution in [-0.4, -0.2) is 37.6 Å². The summed E-state index contributed by atoms with van der Waals surface area (Å²) in [6, 6.07) is 0. The molecular formula is C15H30N2. The summed E-state index contributed by atoms with van der Waals surface area (Å²) in [4.78, 5) is 2.73. The Balaban J connectivity index is 1.77. The van der Waals surface area contributed by atoms with Crippen LogP contribution in [0.2, 0.25) is 0 Å². The molecule has 0 saturated carbocycles. The molecule has 0 aromatic heterocycles. The van der Waals surface area contributed by atoms with Gasteiger partial charge in [0.25, 0.3) is 0 Å². The summed E-state index contributed by atoms with van der Waals surface area (Å²) in [5.74, 6) is 1.86. The van der Waals surface area contributed by atoms with Crippen molar-refractivity contribution in [3.63, 3.8) is 0 Å². The Morgan fingerprint density at radius 3 is 2.29 bits per heavy atom. The first-order valence-electron chi connectivity index (χ1n) is 7.52. The quantitative estimate of drug-likeness (QED) is 0.813. The largest absolute Gasteiger partial charge is 0.317 e. The summed E-state index contributed by atoms with van der Waals surface area (Å²) < 4.78 is 0. The molecule has 2 heterocycles. The summed E-state index contributed by atoms with van der Waals surface area (Å²) >= 11 is 0. The van der Waals surface area contributed by atoms with Crippen LogP contribution < -0.4 is 5.32 Å². The maximum atomic E-state index is 3.48. The fraction of sp³-hybridized carbons (Fsp3) is 1.00. The fourth-order valence-electron chi connectivity index (χ4n) is 3.51. The van der Waals surface area contributed by atoms with Gasteiger partial charge < -0.3 is 10.2 Å². The van der Waals surface area contributed by atoms with Crippen molar-refractivity contribution in [3.8, 4) is 0 Å². The molecule has 0 radical (unpaired) electrons. The minimum Gasteiger partial charge on any atom is -0.317 e. The van der Waals surface area contributed by atoms with Crippen LogP contribution in [0.5, 0.6) is 0 Å². The molecule has 2 nitrogen and oxygen atoms in total. The van der Waals surface area contributed by atoms with E-state index in [0.29, 0.717) is 5.41 Å². The number of nitrogens with one attached hydrogen (secondary N) is 1. The van der Waals surface area contributed by atoms with E-state index in [1.54, 1.807) is 0 Å². The highest BCUT2D eigenvalue weighted by atomic mass is 15.1. The molecule has 1 N–H and O–H groups in total. The maximum absolute atomic E-state index is 3.48. The van der Waals surface area contributed by atoms with Crippen molar-refractivity contribution in [3.05, 3.63) is 0 Å². The SMILES string of the molecule is CC(C)C1CCN(CC2(C)CCNCC2)CC1. The third-order valence-electron chi connectivity index (χ3n) is 4.99. The van der Waals surface area contributed by atoms with Gasteiger partial charge in [0.05, 0.1) is 0 Å². The van der Waals surface area contributed by atoms with Crippen LogP contribution >= 0.6 is 0 Å². The van der Waals surface area contributed by atoms with E-state index in [9.17, 15) is 0 Å². The van der Waals surface area contributed by atoms with Gasteiger partial charge in [0.2, 0.25) is 0 Å². The van der Waals surface area contributed by atoms with Crippen molar-refractivity contribution in [2.24, 2.45) is 17.3 Å². The number of hydrogen-bond acceptors (Lipinski definition) is 2. The molecule has 0 amide bonds. The van der Waals surface area contributed by atoms with Crippen molar-refractivity contribution >= 4 is 0 Å². The molecule has 0 atom stereocenters. The van der Waals surface area contributed by atoms with E-state index < -0.39 is 0 Å². The second kappa shape index (κ2) is 5.71. The monoisotopic (exact) mass is 238 g/mol. The normalized spacial score (nSPS) is 27.5. The van der Waals surface area contributed by atoms with E-state index in [0.717, 1.165) is 11.8 Å². The van der Waals surface area contributed by atoms with Crippen LogP contribution in [0.25, 0.3) is 0 Å². The maximum Gasteiger partial charge on any atom is 0.00363 e. The standard InChI is InChI=1S/C15H30N2/c1-13(2)14-4-10-17(11-5-14)12-15(3)6-8-16-9-7-15/h13-14,16H,4-12H2,1-3H3. The van der Waals surface area contributed by atoms with Gasteiger partial charge >= 0.3 is 0 Å². The van der Waals surface area contributed by atoms with Crippen molar-refractivity contribution in [1.29, 1.82) is 0 Å². The molecular weight excluding hydrogens is 208 g/mol. The molecule has 100 valence electrons. The van der Waals surface area contributed by atoms with Crippen LogP contribution in [0.4, 0.5) is 0 Å². The average Bonchev–Trinajstić information content (AvgIpc) is 2.30. The summed E-state index contributed by atoms with van der Waals surface area (Å²) in [6.45, 7) is 13.7. The summed E-state index contributed by atoms with van der Waals surface area (Å²) in [7, 11) is 0. The minimum atomic E-state index is 0.579. The lowest BCUT2D eigenvalue weighted by atomic mass is 9.79. The number of rotatable bonds is 3. The van der Waals surface area contributed by atoms with Crippen LogP contribution in [0.1, 0.15) is 46.5 Å². The van der Waals surface area contributed by atoms with Crippen LogP contribution in [-0.2, 0) is 0 Å². The first-order chi connectivity index (χ1) is 8.09. The van der Waals surface area contributed by atoms with Crippen LogP contribution in [0, 0.1) is 17.3 Å². The Labute approximate surface area is 107 Å². The molecule has 2 aliphatic rings. The molecule has 2 heteroatoms. The molecule has 0 aromatic rings. The van der Waals surface area contributed by atoms with Crippen LogP contribution in [0.3, 0.4) is 0 Å². The van der Waals surface area contributed by atoms with Gasteiger partial charge in [0.15, 0.2) is 0 Å². The van der Waals surface area contributed by atoms with Gasteiger partial charge in [-0.2, -0.15) is 0 Å². The molecule has 0 spiro atoms. The zero-order valence-corrected chi connectivity index (χ0v) is 12.0. The van der Waals surface area contributed by atoms with Crippen molar-refractivity contribution in [2.75, 3.05) is 32.7 Å². The van der Waals surface area contributed by atoms with Gasteiger partial charge in [-0.05, 0) is 69.1 Å². The first-order valence-corrected chi connectivity index (χ1v) is 7.52. The molecule has 2 aliphatic heterocycles. The smallest absolute Gasteiger partial charge is 0.00363 e. The molecule has 0 bridgehead atoms. The van der Waals surface area contributed by atoms with E-state index in [1.165, 1.54) is 58.4 Å². The third kappa shape index (κ3) is 3.69. The summed E-state index contributed by atoms with van der Waals surface area (Å²) in [5, 5.41) is 3.48. The topological polar surface area (TPSA) is 15.3 Å². The molecule has 17 heavy (non-hydrogen) atoms. The highest BCUT2D eigenvalue weighted by Crippen LogP contribution is 2.31. The zero-order chi connectivity index (χ0) is 12.3. The van der Waals surface area contributed by atoms with Crippen molar-refractivity contribution in [2.45, 2.75) is 46.5 Å². The Bertz CT molecular complexity index is 223. The van der Waals surface area contributed by atoms with E-state index in [4.69, 9.17) is 0 Å². The van der Waals surface area contributed by atoms with Gasteiger partial charge in [0, 0.05) is 6.54 Å². The fourth-order valence-corrected chi connectivity index (χ4v) is 3.51. The third-order valence-corrected chi connectivity index (χ3v) is 4.99.